The minimum absolute atomic E-state index is 0. The van der Waals surface area contributed by atoms with Crippen molar-refractivity contribution in [3.05, 3.63) is 42.3 Å². The maximum atomic E-state index is 3.80. The first kappa shape index (κ1) is 9.80. The van der Waals surface area contributed by atoms with Gasteiger partial charge in [-0.15, -0.1) is 0 Å². The summed E-state index contributed by atoms with van der Waals surface area (Å²) in [5.41, 5.74) is 2.63. The van der Waals surface area contributed by atoms with E-state index < -0.39 is 0 Å². The average Bonchev–Trinajstić information content (AvgIpc) is 1.88. The van der Waals surface area contributed by atoms with Gasteiger partial charge in [-0.25, -0.2) is 0 Å². The molecule has 0 atom stereocenters. The van der Waals surface area contributed by atoms with Gasteiger partial charge in [0.2, 0.25) is 0 Å². The Morgan fingerprint density at radius 3 is 2.50 bits per heavy atom. The molecule has 0 saturated heterocycles. The molecule has 1 aromatic carbocycles. The van der Waals surface area contributed by atoms with E-state index in [2.05, 4.69) is 38.1 Å². The van der Waals surface area contributed by atoms with Crippen LogP contribution in [0, 0.1) is 13.8 Å². The molecule has 0 saturated carbocycles. The standard InChI is InChI=1S/C9H11.V/c1-3-9-6-4-5-8(2)7-9;/h4-7H,1,3H2,2H3;/q-1;. The van der Waals surface area contributed by atoms with Gasteiger partial charge in [0.1, 0.15) is 0 Å². The van der Waals surface area contributed by atoms with Gasteiger partial charge in [-0.1, -0.05) is 35.4 Å². The minimum Gasteiger partial charge on any atom is -0.339 e. The molecule has 1 radical (unpaired) electrons. The third-order valence-corrected chi connectivity index (χ3v) is 1.37. The maximum Gasteiger partial charge on any atom is 0 e. The average molecular weight is 170 g/mol. The van der Waals surface area contributed by atoms with Crippen LogP contribution in [0.25, 0.3) is 0 Å². The summed E-state index contributed by atoms with van der Waals surface area (Å²) in [6.45, 7) is 5.89. The van der Waals surface area contributed by atoms with E-state index in [9.17, 15) is 0 Å². The topological polar surface area (TPSA) is 0 Å². The van der Waals surface area contributed by atoms with Gasteiger partial charge in [-0.2, -0.15) is 6.42 Å². The Hall–Kier alpha value is -0.196. The van der Waals surface area contributed by atoms with Gasteiger partial charge in [0, 0.05) is 18.6 Å². The molecular weight excluding hydrogens is 159 g/mol. The van der Waals surface area contributed by atoms with Crippen LogP contribution in [0.1, 0.15) is 11.1 Å². The molecule has 0 bridgehead atoms. The van der Waals surface area contributed by atoms with Crippen LogP contribution in [-0.2, 0) is 25.0 Å². The van der Waals surface area contributed by atoms with E-state index in [0.717, 1.165) is 6.42 Å². The van der Waals surface area contributed by atoms with Crippen molar-refractivity contribution in [3.8, 4) is 0 Å². The first-order valence-electron chi connectivity index (χ1n) is 3.17. The van der Waals surface area contributed by atoms with E-state index in [4.69, 9.17) is 0 Å². The predicted molar refractivity (Wildman–Crippen MR) is 40.2 cm³/mol. The first-order valence-corrected chi connectivity index (χ1v) is 3.17. The van der Waals surface area contributed by atoms with Crippen molar-refractivity contribution in [2.24, 2.45) is 0 Å². The Morgan fingerprint density at radius 1 is 1.40 bits per heavy atom. The largest absolute Gasteiger partial charge is 0.339 e. The number of benzene rings is 1. The molecule has 0 aliphatic heterocycles. The van der Waals surface area contributed by atoms with Crippen molar-refractivity contribution in [1.29, 1.82) is 0 Å². The number of hydrogen-bond donors (Lipinski definition) is 0. The van der Waals surface area contributed by atoms with Gasteiger partial charge in [-0.05, 0) is 6.92 Å². The fourth-order valence-corrected chi connectivity index (χ4v) is 0.868. The molecule has 0 heterocycles. The van der Waals surface area contributed by atoms with Crippen molar-refractivity contribution < 1.29 is 18.6 Å². The van der Waals surface area contributed by atoms with Crippen molar-refractivity contribution in [2.75, 3.05) is 0 Å². The first-order chi connectivity index (χ1) is 4.33. The van der Waals surface area contributed by atoms with E-state index in [1.165, 1.54) is 11.1 Å². The third kappa shape index (κ3) is 2.59. The Balaban J connectivity index is 0.000000810. The van der Waals surface area contributed by atoms with Crippen molar-refractivity contribution in [3.63, 3.8) is 0 Å². The fourth-order valence-electron chi connectivity index (χ4n) is 0.868. The maximum absolute atomic E-state index is 3.80. The SMILES string of the molecule is [CH2-]Cc1cccc(C)c1.[V]. The predicted octanol–water partition coefficient (Wildman–Crippen LogP) is 2.37. The molecule has 0 amide bonds. The molecule has 0 N–H and O–H groups in total. The van der Waals surface area contributed by atoms with Gasteiger partial charge >= 0.3 is 0 Å². The zero-order chi connectivity index (χ0) is 6.69. The van der Waals surface area contributed by atoms with E-state index >= 15 is 0 Å². The second-order valence-electron chi connectivity index (χ2n) is 2.24. The molecule has 0 aromatic heterocycles. The van der Waals surface area contributed by atoms with Crippen molar-refractivity contribution in [2.45, 2.75) is 13.3 Å². The van der Waals surface area contributed by atoms with E-state index in [0.29, 0.717) is 0 Å². The van der Waals surface area contributed by atoms with Gasteiger partial charge in [-0.3, -0.25) is 0 Å². The smallest absolute Gasteiger partial charge is 0 e. The van der Waals surface area contributed by atoms with Crippen molar-refractivity contribution in [1.82, 2.24) is 0 Å². The summed E-state index contributed by atoms with van der Waals surface area (Å²) in [6, 6.07) is 8.42. The van der Waals surface area contributed by atoms with Crippen LogP contribution in [-0.4, -0.2) is 0 Å². The summed E-state index contributed by atoms with van der Waals surface area (Å²) in [5.74, 6) is 0. The minimum atomic E-state index is 0. The molecule has 10 heavy (non-hydrogen) atoms. The summed E-state index contributed by atoms with van der Waals surface area (Å²) >= 11 is 0. The van der Waals surface area contributed by atoms with Crippen molar-refractivity contribution >= 4 is 0 Å². The van der Waals surface area contributed by atoms with E-state index in [1.54, 1.807) is 0 Å². The molecule has 0 aliphatic rings. The molecular formula is C9H11V-. The van der Waals surface area contributed by atoms with Crippen LogP contribution >= 0.6 is 0 Å². The molecule has 0 fully saturated rings. The Kier molecular flexibility index (Phi) is 4.50. The molecule has 1 aromatic rings. The molecule has 53 valence electrons. The molecule has 1 heteroatoms. The molecule has 0 aliphatic carbocycles. The normalized spacial score (nSPS) is 8.60. The quantitative estimate of drug-likeness (QED) is 0.567. The Labute approximate surface area is 74.5 Å². The van der Waals surface area contributed by atoms with Crippen LogP contribution in [0.5, 0.6) is 0 Å². The molecule has 0 nitrogen and oxygen atoms in total. The van der Waals surface area contributed by atoms with Crippen LogP contribution in [0.2, 0.25) is 0 Å². The third-order valence-electron chi connectivity index (χ3n) is 1.37. The van der Waals surface area contributed by atoms with Crippen LogP contribution in [0.15, 0.2) is 24.3 Å². The zero-order valence-corrected chi connectivity index (χ0v) is 7.57. The number of rotatable bonds is 1. The summed E-state index contributed by atoms with van der Waals surface area (Å²) in [4.78, 5) is 0. The monoisotopic (exact) mass is 170 g/mol. The molecule has 0 unspecified atom stereocenters. The second kappa shape index (κ2) is 4.59. The Bertz CT molecular complexity index is 194. The summed E-state index contributed by atoms with van der Waals surface area (Å²) in [5, 5.41) is 0. The second-order valence-corrected chi connectivity index (χ2v) is 2.24. The van der Waals surface area contributed by atoms with Gasteiger partial charge < -0.3 is 6.92 Å². The molecule has 1 rings (SSSR count). The zero-order valence-electron chi connectivity index (χ0n) is 6.17. The number of hydrogen-bond acceptors (Lipinski definition) is 0. The van der Waals surface area contributed by atoms with Gasteiger partial charge in [0.25, 0.3) is 0 Å². The van der Waals surface area contributed by atoms with Crippen LogP contribution < -0.4 is 0 Å². The van der Waals surface area contributed by atoms with Gasteiger partial charge in [0.05, 0.1) is 0 Å². The van der Waals surface area contributed by atoms with E-state index in [-0.39, 0.29) is 18.6 Å². The van der Waals surface area contributed by atoms with Crippen LogP contribution in [0.3, 0.4) is 0 Å². The van der Waals surface area contributed by atoms with Crippen LogP contribution in [0.4, 0.5) is 0 Å². The van der Waals surface area contributed by atoms with E-state index in [1.807, 2.05) is 0 Å². The Morgan fingerprint density at radius 2 is 2.10 bits per heavy atom. The molecule has 0 spiro atoms. The summed E-state index contributed by atoms with van der Waals surface area (Å²) in [7, 11) is 0. The summed E-state index contributed by atoms with van der Waals surface area (Å²) < 4.78 is 0. The summed E-state index contributed by atoms with van der Waals surface area (Å²) in [6.07, 6.45) is 0.891. The van der Waals surface area contributed by atoms with Gasteiger partial charge in [0.15, 0.2) is 0 Å². The fraction of sp³-hybridized carbons (Fsp3) is 0.222. The number of aryl methyl sites for hydroxylation is 1.